The van der Waals surface area contributed by atoms with E-state index in [1.807, 2.05) is 32.0 Å². The molecule has 30 heavy (non-hydrogen) atoms. The summed E-state index contributed by atoms with van der Waals surface area (Å²) in [5.41, 5.74) is 0.823. The molecule has 8 heteroatoms. The fourth-order valence-electron chi connectivity index (χ4n) is 2.66. The van der Waals surface area contributed by atoms with Crippen LogP contribution in [0.5, 0.6) is 11.5 Å². The molecular weight excluding hydrogens is 422 g/mol. The van der Waals surface area contributed by atoms with Crippen LogP contribution in [0.4, 0.5) is 0 Å². The van der Waals surface area contributed by atoms with Crippen LogP contribution in [0.3, 0.4) is 0 Å². The number of benzene rings is 1. The highest BCUT2D eigenvalue weighted by Crippen LogP contribution is 2.35. The molecule has 0 N–H and O–H groups in total. The van der Waals surface area contributed by atoms with Crippen LogP contribution in [0.1, 0.15) is 52.0 Å². The number of esters is 1. The number of carbonyl (C=O) groups is 2. The van der Waals surface area contributed by atoms with Gasteiger partial charge in [-0.1, -0.05) is 50.3 Å². The zero-order chi connectivity index (χ0) is 21.9. The van der Waals surface area contributed by atoms with Gasteiger partial charge in [0.15, 0.2) is 11.5 Å². The van der Waals surface area contributed by atoms with Crippen molar-refractivity contribution in [3.05, 3.63) is 28.7 Å². The molecule has 164 valence electrons. The Labute approximate surface area is 187 Å². The van der Waals surface area contributed by atoms with Crippen molar-refractivity contribution in [2.45, 2.75) is 46.5 Å². The van der Waals surface area contributed by atoms with Crippen LogP contribution < -0.4 is 9.47 Å². The van der Waals surface area contributed by atoms with E-state index in [1.165, 1.54) is 16.7 Å². The zero-order valence-corrected chi connectivity index (χ0v) is 19.4. The molecule has 0 saturated carbocycles. The standard InChI is InChI=1S/C22H29NO5S2/c1-4-7-13-27-17-9-8-16(14-18(17)26-6-3)15-19-21(25)23(22(29)30-19)11-10-20(24)28-12-5-2/h8-9,14-15H,4-7,10-13H2,1-3H3/b19-15-. The number of hydrogen-bond acceptors (Lipinski definition) is 7. The first-order valence-electron chi connectivity index (χ1n) is 10.3. The summed E-state index contributed by atoms with van der Waals surface area (Å²) in [6, 6.07) is 5.61. The molecule has 0 aliphatic carbocycles. The first-order chi connectivity index (χ1) is 14.5. The number of hydrogen-bond donors (Lipinski definition) is 0. The molecule has 0 atom stereocenters. The summed E-state index contributed by atoms with van der Waals surface area (Å²) >= 11 is 6.56. The largest absolute Gasteiger partial charge is 0.490 e. The Balaban J connectivity index is 2.08. The van der Waals surface area contributed by atoms with Crippen molar-refractivity contribution < 1.29 is 23.8 Å². The third-order valence-electron chi connectivity index (χ3n) is 4.20. The van der Waals surface area contributed by atoms with Gasteiger partial charge in [-0.2, -0.15) is 0 Å². The molecule has 1 saturated heterocycles. The van der Waals surface area contributed by atoms with Gasteiger partial charge in [-0.15, -0.1) is 0 Å². The van der Waals surface area contributed by atoms with Crippen molar-refractivity contribution in [1.82, 2.24) is 4.90 Å². The molecule has 0 aromatic heterocycles. The van der Waals surface area contributed by atoms with Gasteiger partial charge in [0.1, 0.15) is 4.32 Å². The van der Waals surface area contributed by atoms with E-state index in [2.05, 4.69) is 6.92 Å². The molecule has 1 aromatic rings. The summed E-state index contributed by atoms with van der Waals surface area (Å²) in [7, 11) is 0. The van der Waals surface area contributed by atoms with Gasteiger partial charge in [0.2, 0.25) is 0 Å². The fraction of sp³-hybridized carbons (Fsp3) is 0.500. The lowest BCUT2D eigenvalue weighted by Gasteiger charge is -2.13. The second-order valence-electron chi connectivity index (χ2n) is 6.65. The van der Waals surface area contributed by atoms with Gasteiger partial charge in [-0.25, -0.2) is 0 Å². The average Bonchev–Trinajstić information content (AvgIpc) is 2.99. The highest BCUT2D eigenvalue weighted by molar-refractivity contribution is 8.26. The number of amides is 1. The molecule has 1 amide bonds. The molecule has 0 unspecified atom stereocenters. The second kappa shape index (κ2) is 12.6. The molecule has 1 aromatic carbocycles. The van der Waals surface area contributed by atoms with Crippen LogP contribution in [0, 0.1) is 0 Å². The van der Waals surface area contributed by atoms with E-state index in [0.717, 1.165) is 24.8 Å². The minimum absolute atomic E-state index is 0.123. The topological polar surface area (TPSA) is 65.1 Å². The first-order valence-corrected chi connectivity index (χ1v) is 11.5. The van der Waals surface area contributed by atoms with Crippen molar-refractivity contribution in [1.29, 1.82) is 0 Å². The summed E-state index contributed by atoms with van der Waals surface area (Å²) in [5, 5.41) is 0. The Morgan fingerprint density at radius 2 is 1.93 bits per heavy atom. The Hall–Kier alpha value is -2.06. The Morgan fingerprint density at radius 3 is 2.63 bits per heavy atom. The van der Waals surface area contributed by atoms with Crippen LogP contribution in [0.2, 0.25) is 0 Å². The lowest BCUT2D eigenvalue weighted by Crippen LogP contribution is -2.30. The van der Waals surface area contributed by atoms with E-state index in [-0.39, 0.29) is 24.8 Å². The van der Waals surface area contributed by atoms with Gasteiger partial charge in [0, 0.05) is 6.54 Å². The third-order valence-corrected chi connectivity index (χ3v) is 5.58. The molecule has 1 aliphatic heterocycles. The smallest absolute Gasteiger partial charge is 0.307 e. The molecule has 2 rings (SSSR count). The number of nitrogens with zero attached hydrogens (tertiary/aromatic N) is 1. The van der Waals surface area contributed by atoms with E-state index in [9.17, 15) is 9.59 Å². The van der Waals surface area contributed by atoms with Crippen molar-refractivity contribution in [2.24, 2.45) is 0 Å². The number of thioether (sulfide) groups is 1. The minimum atomic E-state index is -0.324. The molecule has 0 spiro atoms. The number of rotatable bonds is 12. The normalized spacial score (nSPS) is 15.0. The van der Waals surface area contributed by atoms with Crippen LogP contribution in [0.15, 0.2) is 23.1 Å². The average molecular weight is 452 g/mol. The molecule has 6 nitrogen and oxygen atoms in total. The van der Waals surface area contributed by atoms with Crippen LogP contribution in [-0.2, 0) is 14.3 Å². The van der Waals surface area contributed by atoms with E-state index in [0.29, 0.717) is 40.5 Å². The fourth-order valence-corrected chi connectivity index (χ4v) is 3.97. The summed E-state index contributed by atoms with van der Waals surface area (Å²) in [6.45, 7) is 7.72. The Morgan fingerprint density at radius 1 is 1.13 bits per heavy atom. The molecule has 0 bridgehead atoms. The highest BCUT2D eigenvalue weighted by atomic mass is 32.2. The maximum atomic E-state index is 12.7. The van der Waals surface area contributed by atoms with Gasteiger partial charge in [-0.05, 0) is 43.5 Å². The van der Waals surface area contributed by atoms with E-state index >= 15 is 0 Å². The SMILES string of the molecule is CCCCOc1ccc(/C=C2\SC(=S)N(CCC(=O)OCCC)C2=O)cc1OCC. The van der Waals surface area contributed by atoms with Gasteiger partial charge in [0.25, 0.3) is 5.91 Å². The molecule has 0 radical (unpaired) electrons. The molecular formula is C22H29NO5S2. The van der Waals surface area contributed by atoms with Crippen LogP contribution in [0.25, 0.3) is 6.08 Å². The second-order valence-corrected chi connectivity index (χ2v) is 8.32. The van der Waals surface area contributed by atoms with Crippen molar-refractivity contribution >= 4 is 46.3 Å². The van der Waals surface area contributed by atoms with Crippen LogP contribution >= 0.6 is 24.0 Å². The number of carbonyl (C=O) groups excluding carboxylic acids is 2. The lowest BCUT2D eigenvalue weighted by molar-refractivity contribution is -0.143. The predicted octanol–water partition coefficient (Wildman–Crippen LogP) is 4.81. The third kappa shape index (κ3) is 7.02. The van der Waals surface area contributed by atoms with E-state index < -0.39 is 0 Å². The predicted molar refractivity (Wildman–Crippen MR) is 124 cm³/mol. The maximum Gasteiger partial charge on any atom is 0.307 e. The van der Waals surface area contributed by atoms with Crippen molar-refractivity contribution in [3.8, 4) is 11.5 Å². The minimum Gasteiger partial charge on any atom is -0.490 e. The summed E-state index contributed by atoms with van der Waals surface area (Å²) in [6.07, 6.45) is 4.70. The highest BCUT2D eigenvalue weighted by Gasteiger charge is 2.32. The maximum absolute atomic E-state index is 12.7. The van der Waals surface area contributed by atoms with Crippen molar-refractivity contribution in [2.75, 3.05) is 26.4 Å². The van der Waals surface area contributed by atoms with Crippen molar-refractivity contribution in [3.63, 3.8) is 0 Å². The lowest BCUT2D eigenvalue weighted by atomic mass is 10.2. The number of unbranched alkanes of at least 4 members (excludes halogenated alkanes) is 1. The van der Waals surface area contributed by atoms with Gasteiger partial charge in [0.05, 0.1) is 31.1 Å². The summed E-state index contributed by atoms with van der Waals surface area (Å²) in [5.74, 6) is 0.821. The first kappa shape index (κ1) is 24.2. The van der Waals surface area contributed by atoms with Gasteiger partial charge < -0.3 is 14.2 Å². The van der Waals surface area contributed by atoms with Gasteiger partial charge >= 0.3 is 5.97 Å². The monoisotopic (exact) mass is 451 g/mol. The molecule has 1 aliphatic rings. The van der Waals surface area contributed by atoms with E-state index in [1.54, 1.807) is 6.08 Å². The van der Waals surface area contributed by atoms with Gasteiger partial charge in [-0.3, -0.25) is 14.5 Å². The summed E-state index contributed by atoms with van der Waals surface area (Å²) < 4.78 is 17.0. The quantitative estimate of drug-likeness (QED) is 0.196. The van der Waals surface area contributed by atoms with Crippen LogP contribution in [-0.4, -0.2) is 47.5 Å². The number of thiocarbonyl (C=S) groups is 1. The molecule has 1 fully saturated rings. The number of ether oxygens (including phenoxy) is 3. The van der Waals surface area contributed by atoms with E-state index in [4.69, 9.17) is 26.4 Å². The summed E-state index contributed by atoms with van der Waals surface area (Å²) in [4.78, 5) is 26.4. The Bertz CT molecular complexity index is 794. The molecule has 1 heterocycles. The Kier molecular flexibility index (Phi) is 10.2. The zero-order valence-electron chi connectivity index (χ0n) is 17.8.